The summed E-state index contributed by atoms with van der Waals surface area (Å²) >= 11 is -0.346. The van der Waals surface area contributed by atoms with Crippen LogP contribution in [0.25, 0.3) is 0 Å². The van der Waals surface area contributed by atoms with Gasteiger partial charge in [-0.3, -0.25) is 0 Å². The number of nitrogens with two attached hydrogens (primary N) is 2. The molecular formula is C55H36Cl2N2O6P2Ru+4. The van der Waals surface area contributed by atoms with Crippen molar-refractivity contribution < 1.29 is 43.6 Å². The maximum atomic E-state index is 6.24. The molecule has 0 bridgehead atoms. The molecule has 0 aliphatic carbocycles. The molecule has 0 spiro atoms. The average Bonchev–Trinajstić information content (AvgIpc) is 4.07. The molecule has 0 saturated heterocycles. The zero-order chi connectivity index (χ0) is 48.9. The first-order valence-electron chi connectivity index (χ1n) is 19.4. The molecule has 2 heterocycles. The van der Waals surface area contributed by atoms with Gasteiger partial charge in [0.05, 0.1) is 14.2 Å². The Morgan fingerprint density at radius 3 is 1.13 bits per heavy atom. The van der Waals surface area contributed by atoms with Gasteiger partial charge in [-0.15, -0.1) is 25.7 Å². The third-order valence-corrected chi connectivity index (χ3v) is 12.6. The minimum atomic E-state index is -1.93. The number of terminal acetylenes is 4. The van der Waals surface area contributed by atoms with Gasteiger partial charge in [0.2, 0.25) is 13.6 Å². The fraction of sp³-hybridized carbons (Fsp3) is 0.127. The summed E-state index contributed by atoms with van der Waals surface area (Å²) in [7, 11) is 9.12. The number of halogens is 2. The maximum absolute atomic E-state index is 6.24. The fourth-order valence-electron chi connectivity index (χ4n) is 6.10. The summed E-state index contributed by atoms with van der Waals surface area (Å²) in [5.74, 6) is 44.8. The molecule has 13 heteroatoms. The van der Waals surface area contributed by atoms with E-state index in [0.29, 0.717) is 29.4 Å². The normalized spacial score (nSPS) is 10.7. The van der Waals surface area contributed by atoms with Gasteiger partial charge >= 0.3 is 34.5 Å². The van der Waals surface area contributed by atoms with Crippen LogP contribution in [0.4, 0.5) is 0 Å². The van der Waals surface area contributed by atoms with Gasteiger partial charge in [-0.2, -0.15) is 0 Å². The van der Waals surface area contributed by atoms with E-state index in [-0.39, 0.29) is 40.8 Å². The first-order valence-corrected chi connectivity index (χ1v) is 26.8. The van der Waals surface area contributed by atoms with Crippen LogP contribution >= 0.6 is 35.2 Å². The van der Waals surface area contributed by atoms with Crippen molar-refractivity contribution in [1.29, 1.82) is 0 Å². The van der Waals surface area contributed by atoms with Gasteiger partial charge < -0.3 is 39.9 Å². The number of fused-ring (bicyclic) bond motifs is 2. The molecule has 4 N–H and O–H groups in total. The molecule has 8 nitrogen and oxygen atoms in total. The van der Waals surface area contributed by atoms with Crippen molar-refractivity contribution in [2.45, 2.75) is 18.5 Å². The summed E-state index contributed by atoms with van der Waals surface area (Å²) in [6.07, 6.45) is 21.4. The third-order valence-electron chi connectivity index (χ3n) is 9.10. The zero-order valence-electron chi connectivity index (χ0n) is 36.2. The Morgan fingerprint density at radius 1 is 0.515 bits per heavy atom. The number of hydrogen-bond donors (Lipinski definition) is 2. The Hall–Kier alpha value is -7.62. The molecule has 2 aliphatic rings. The van der Waals surface area contributed by atoms with Crippen molar-refractivity contribution in [1.82, 2.24) is 0 Å². The van der Waals surface area contributed by atoms with E-state index in [4.69, 9.17) is 85.0 Å². The van der Waals surface area contributed by atoms with Crippen LogP contribution in [-0.2, 0) is 21.6 Å². The average molecular weight is 1050 g/mol. The molecule has 330 valence electrons. The zero-order valence-corrected chi connectivity index (χ0v) is 41.5. The Labute approximate surface area is 417 Å². The summed E-state index contributed by atoms with van der Waals surface area (Å²) < 4.78 is 33.7. The van der Waals surface area contributed by atoms with E-state index in [9.17, 15) is 0 Å². The summed E-state index contributed by atoms with van der Waals surface area (Å²) in [5.41, 5.74) is 28.7. The Balaban J connectivity index is 0.000000363. The molecule has 0 amide bonds. The van der Waals surface area contributed by atoms with E-state index in [0.717, 1.165) is 44.4 Å². The second-order valence-electron chi connectivity index (χ2n) is 12.8. The molecule has 2 atom stereocenters. The van der Waals surface area contributed by atoms with E-state index >= 15 is 0 Å². The van der Waals surface area contributed by atoms with E-state index in [2.05, 4.69) is 117 Å². The van der Waals surface area contributed by atoms with Crippen LogP contribution in [0.3, 0.4) is 0 Å². The van der Waals surface area contributed by atoms with Crippen LogP contribution in [0, 0.1) is 143 Å². The fourth-order valence-corrected chi connectivity index (χ4v) is 9.02. The van der Waals surface area contributed by atoms with Crippen molar-refractivity contribution in [3.8, 4) is 178 Å². The molecule has 4 aromatic carbocycles. The van der Waals surface area contributed by atoms with Crippen LogP contribution in [0.1, 0.15) is 34.3 Å². The Bertz CT molecular complexity index is 2870. The van der Waals surface area contributed by atoms with E-state index < -0.39 is 15.8 Å². The summed E-state index contributed by atoms with van der Waals surface area (Å²) in [6.45, 7) is 0.110. The molecule has 2 aliphatic heterocycles. The Morgan fingerprint density at radius 2 is 0.838 bits per heavy atom. The number of ether oxygens (including phenoxy) is 6. The van der Waals surface area contributed by atoms with Crippen molar-refractivity contribution in [2.75, 3.05) is 27.8 Å². The van der Waals surface area contributed by atoms with E-state index in [1.54, 1.807) is 14.2 Å². The molecular weight excluding hydrogens is 1020 g/mol. The van der Waals surface area contributed by atoms with Crippen molar-refractivity contribution in [3.05, 3.63) is 95.1 Å². The number of benzene rings is 4. The van der Waals surface area contributed by atoms with Crippen LogP contribution in [0.5, 0.6) is 34.5 Å². The van der Waals surface area contributed by atoms with Crippen molar-refractivity contribution in [3.63, 3.8) is 0 Å². The first-order chi connectivity index (χ1) is 33.3. The predicted octanol–water partition coefficient (Wildman–Crippen LogP) is 6.58. The molecule has 0 radical (unpaired) electrons. The van der Waals surface area contributed by atoms with Crippen LogP contribution in [0.15, 0.2) is 72.8 Å². The molecule has 6 rings (SSSR count). The predicted molar refractivity (Wildman–Crippen MR) is 273 cm³/mol. The summed E-state index contributed by atoms with van der Waals surface area (Å²) in [5, 5.41) is 1.67. The van der Waals surface area contributed by atoms with Crippen molar-refractivity contribution >= 4 is 45.8 Å². The Kier molecular flexibility index (Phi) is 23.2. The number of rotatable bonds is 9. The van der Waals surface area contributed by atoms with Gasteiger partial charge in [0, 0.05) is 77.0 Å². The first kappa shape index (κ1) is 53.0. The molecule has 4 aromatic rings. The summed E-state index contributed by atoms with van der Waals surface area (Å²) in [6, 6.07) is 22.2. The quantitative estimate of drug-likeness (QED) is 0.110. The van der Waals surface area contributed by atoms with Crippen LogP contribution in [0.2, 0.25) is 0 Å². The van der Waals surface area contributed by atoms with Crippen LogP contribution in [-0.4, -0.2) is 27.8 Å². The van der Waals surface area contributed by atoms with Gasteiger partial charge in [-0.25, -0.2) is 0 Å². The van der Waals surface area contributed by atoms with Gasteiger partial charge in [0.15, 0.2) is 38.8 Å². The monoisotopic (exact) mass is 1050 g/mol. The summed E-state index contributed by atoms with van der Waals surface area (Å²) in [4.78, 5) is 0. The van der Waals surface area contributed by atoms with Gasteiger partial charge in [-0.1, -0.05) is 24.3 Å². The van der Waals surface area contributed by atoms with E-state index in [1.165, 1.54) is 0 Å². The molecule has 0 saturated carbocycles. The second kappa shape index (κ2) is 29.8. The van der Waals surface area contributed by atoms with Gasteiger partial charge in [-0.05, 0) is 107 Å². The minimum absolute atomic E-state index is 0.0551. The molecule has 2 unspecified atom stereocenters. The van der Waals surface area contributed by atoms with Crippen molar-refractivity contribution in [2.24, 2.45) is 11.5 Å². The van der Waals surface area contributed by atoms with Crippen LogP contribution < -0.4 is 50.5 Å². The van der Waals surface area contributed by atoms with Gasteiger partial charge in [0.1, 0.15) is 44.8 Å². The molecule has 0 aromatic heterocycles. The van der Waals surface area contributed by atoms with E-state index in [1.807, 2.05) is 72.8 Å². The number of methoxy groups -OCH3 is 2. The third kappa shape index (κ3) is 15.8. The van der Waals surface area contributed by atoms with Gasteiger partial charge in [0.25, 0.3) is 0 Å². The SMILES string of the molecule is C#CC#CC#C[PH+](C#CC#CC#C)c1ccc2c(c1Cc1c([PH+](C#CC#CC#C)C#CC#CC#C)ccc3c1OCO3)OCO2.COc1ccc(C(N)C(N)c2ccc(OC)cc2)cc1.[Cl][Ru+2][Cl]. The standard InChI is InChI=1S/C39H14O4P2.C16H20N2O2.2ClH.Ru/c1-5-9-13-17-25-44(26-18-14-10-6-2)36-23-21-34-38(42-30-40-34)32(36)29-33-37(24-22-35-39(33)43-31-41-35)45(27-19-15-11-7-3)28-20-16-12-8-4;1-19-13-7-3-11(4-8-13)15(17)16(18)12-5-9-14(20-2)10-6-12;;;/h1-4,21-24H,29-31H2;3-10,15-16H,17-18H2,1-2H3;2*1H;/q;;;;+4. The second-order valence-corrected chi connectivity index (χ2v) is 19.0. The molecule has 0 fully saturated rings. The molecule has 68 heavy (non-hydrogen) atoms. The number of hydrogen-bond acceptors (Lipinski definition) is 8. The topological polar surface area (TPSA) is 107 Å².